The predicted molar refractivity (Wildman–Crippen MR) is 123 cm³/mol. The highest BCUT2D eigenvalue weighted by Crippen LogP contribution is 2.32. The molecule has 0 atom stereocenters. The minimum absolute atomic E-state index is 0.0522. The number of nitrogens with zero attached hydrogens (tertiary/aromatic N) is 2. The second kappa shape index (κ2) is 8.14. The van der Waals surface area contributed by atoms with Crippen molar-refractivity contribution in [3.8, 4) is 5.69 Å². The number of carbonyl (C=O) groups is 2. The van der Waals surface area contributed by atoms with Crippen LogP contribution in [-0.2, 0) is 0 Å². The summed E-state index contributed by atoms with van der Waals surface area (Å²) in [6, 6.07) is 12.8. The lowest BCUT2D eigenvalue weighted by atomic mass is 10.1. The van der Waals surface area contributed by atoms with Crippen LogP contribution in [0.15, 0.2) is 58.1 Å². The van der Waals surface area contributed by atoms with E-state index in [1.165, 1.54) is 23.1 Å². The van der Waals surface area contributed by atoms with Gasteiger partial charge in [0.15, 0.2) is 6.29 Å². The highest BCUT2D eigenvalue weighted by molar-refractivity contribution is 7.18. The van der Waals surface area contributed by atoms with Gasteiger partial charge in [0.2, 0.25) is 0 Å². The molecule has 2 aromatic heterocycles. The molecule has 4 rings (SSSR count). The van der Waals surface area contributed by atoms with Gasteiger partial charge in [0.25, 0.3) is 11.5 Å². The van der Waals surface area contributed by atoms with Crippen LogP contribution in [0.1, 0.15) is 20.0 Å². The average molecular weight is 474 g/mol. The van der Waals surface area contributed by atoms with E-state index >= 15 is 0 Å². The van der Waals surface area contributed by atoms with E-state index < -0.39 is 17.2 Å². The topological polar surface area (TPSA) is 92.2 Å². The number of hydrogen-bond donors (Lipinski definition) is 1. The number of hydrogen-bond acceptors (Lipinski definition) is 5. The molecule has 0 aliphatic carbocycles. The van der Waals surface area contributed by atoms with Crippen LogP contribution in [0.2, 0.25) is 9.36 Å². The molecule has 0 bridgehead atoms. The molecule has 1 N–H and O–H groups in total. The number of nitrogens with one attached hydrogen (secondary N) is 1. The lowest BCUT2D eigenvalue weighted by molar-refractivity contribution is 0.0996. The van der Waals surface area contributed by atoms with Crippen LogP contribution in [0.5, 0.6) is 0 Å². The molecule has 7 nitrogen and oxygen atoms in total. The van der Waals surface area contributed by atoms with E-state index in [2.05, 4.69) is 4.98 Å². The zero-order valence-corrected chi connectivity index (χ0v) is 18.2. The molecule has 0 aliphatic rings. The number of amides is 1. The first-order chi connectivity index (χ1) is 14.8. The fourth-order valence-corrected chi connectivity index (χ4v) is 4.71. The van der Waals surface area contributed by atoms with Crippen molar-refractivity contribution in [1.82, 2.24) is 9.55 Å². The Balaban J connectivity index is 1.85. The van der Waals surface area contributed by atoms with Crippen LogP contribution in [0.4, 0.5) is 5.69 Å². The van der Waals surface area contributed by atoms with Gasteiger partial charge >= 0.3 is 5.69 Å². The SMILES string of the molecule is CN(C(=O)c1cc(-n2c(=O)[nH]c3cccc(C=O)c3c2=O)c(Cl)s1)c1ccccc1Cl. The fraction of sp³-hybridized carbons (Fsp3) is 0.0476. The number of carbonyl (C=O) groups excluding carboxylic acids is 2. The van der Waals surface area contributed by atoms with Crippen LogP contribution < -0.4 is 16.1 Å². The van der Waals surface area contributed by atoms with Crippen LogP contribution in [0.25, 0.3) is 16.6 Å². The number of benzene rings is 2. The molecule has 156 valence electrons. The standard InChI is InChI=1S/C21H13Cl2N3O4S/c1-25(14-8-3-2-6-12(14)22)19(28)16-9-15(18(23)31-16)26-20(29)17-11(10-27)5-4-7-13(17)24-21(26)30/h2-10H,1H3,(H,24,30). The maximum absolute atomic E-state index is 13.1. The van der Waals surface area contributed by atoms with E-state index in [0.717, 1.165) is 15.9 Å². The van der Waals surface area contributed by atoms with Gasteiger partial charge in [-0.25, -0.2) is 9.36 Å². The quantitative estimate of drug-likeness (QED) is 0.450. The van der Waals surface area contributed by atoms with E-state index in [4.69, 9.17) is 23.2 Å². The number of aromatic nitrogens is 2. The second-order valence-electron chi connectivity index (χ2n) is 6.54. The number of aldehydes is 1. The first-order valence-corrected chi connectivity index (χ1v) is 10.5. The Hall–Kier alpha value is -3.20. The van der Waals surface area contributed by atoms with E-state index in [1.807, 2.05) is 0 Å². The van der Waals surface area contributed by atoms with E-state index in [-0.39, 0.29) is 31.4 Å². The largest absolute Gasteiger partial charge is 0.333 e. The number of aromatic amines is 1. The Morgan fingerprint density at radius 2 is 1.87 bits per heavy atom. The number of H-pyrrole nitrogens is 1. The molecule has 1 amide bonds. The van der Waals surface area contributed by atoms with E-state index in [9.17, 15) is 19.2 Å². The molecule has 2 aromatic carbocycles. The van der Waals surface area contributed by atoms with Crippen LogP contribution in [0.3, 0.4) is 0 Å². The summed E-state index contributed by atoms with van der Waals surface area (Å²) >= 11 is 13.4. The maximum Gasteiger partial charge on any atom is 0.333 e. The van der Waals surface area contributed by atoms with Gasteiger partial charge in [0.1, 0.15) is 4.34 Å². The van der Waals surface area contributed by atoms with Crippen molar-refractivity contribution >= 4 is 63.3 Å². The monoisotopic (exact) mass is 473 g/mol. The van der Waals surface area contributed by atoms with Gasteiger partial charge in [0.05, 0.1) is 32.2 Å². The highest BCUT2D eigenvalue weighted by Gasteiger charge is 2.23. The van der Waals surface area contributed by atoms with Gasteiger partial charge in [-0.05, 0) is 24.3 Å². The summed E-state index contributed by atoms with van der Waals surface area (Å²) in [6.45, 7) is 0. The Labute approximate surface area is 189 Å². The summed E-state index contributed by atoms with van der Waals surface area (Å²) in [7, 11) is 1.56. The molecular formula is C21H13Cl2N3O4S. The first-order valence-electron chi connectivity index (χ1n) is 8.89. The number of halogens is 2. The number of anilines is 1. The molecule has 2 heterocycles. The number of rotatable bonds is 4. The van der Waals surface area contributed by atoms with Crippen molar-refractivity contribution in [3.63, 3.8) is 0 Å². The summed E-state index contributed by atoms with van der Waals surface area (Å²) in [5.41, 5.74) is -0.531. The number of para-hydroxylation sites is 1. The Kier molecular flexibility index (Phi) is 5.53. The summed E-state index contributed by atoms with van der Waals surface area (Å²) in [5, 5.41) is 0.449. The van der Waals surface area contributed by atoms with E-state index in [0.29, 0.717) is 17.0 Å². The minimum Gasteiger partial charge on any atom is -0.309 e. The maximum atomic E-state index is 13.1. The lowest BCUT2D eigenvalue weighted by Gasteiger charge is -2.17. The Bertz CT molecular complexity index is 1470. The molecule has 0 spiro atoms. The molecule has 0 saturated carbocycles. The van der Waals surface area contributed by atoms with Crippen molar-refractivity contribution in [1.29, 1.82) is 0 Å². The third kappa shape index (κ3) is 3.59. The molecule has 0 aliphatic heterocycles. The van der Waals surface area contributed by atoms with Crippen LogP contribution >= 0.6 is 34.5 Å². The van der Waals surface area contributed by atoms with Gasteiger partial charge < -0.3 is 9.88 Å². The van der Waals surface area contributed by atoms with Gasteiger partial charge in [-0.1, -0.05) is 47.5 Å². The van der Waals surface area contributed by atoms with Gasteiger partial charge in [-0.3, -0.25) is 14.4 Å². The highest BCUT2D eigenvalue weighted by atomic mass is 35.5. The predicted octanol–water partition coefficient (Wildman–Crippen LogP) is 4.14. The normalized spacial score (nSPS) is 10.9. The second-order valence-corrected chi connectivity index (χ2v) is 8.61. The molecule has 0 unspecified atom stereocenters. The van der Waals surface area contributed by atoms with E-state index in [1.54, 1.807) is 37.4 Å². The summed E-state index contributed by atoms with van der Waals surface area (Å²) in [6.07, 6.45) is 0.537. The minimum atomic E-state index is -0.737. The molecule has 31 heavy (non-hydrogen) atoms. The third-order valence-corrected chi connectivity index (χ3v) is 6.37. The molecule has 0 saturated heterocycles. The Morgan fingerprint density at radius 3 is 2.58 bits per heavy atom. The van der Waals surface area contributed by atoms with Crippen LogP contribution in [-0.4, -0.2) is 28.8 Å². The third-order valence-electron chi connectivity index (χ3n) is 4.72. The zero-order valence-electron chi connectivity index (χ0n) is 15.9. The average Bonchev–Trinajstić information content (AvgIpc) is 3.13. The number of fused-ring (bicyclic) bond motifs is 1. The summed E-state index contributed by atoms with van der Waals surface area (Å²) in [4.78, 5) is 54.2. The first kappa shape index (κ1) is 21.0. The lowest BCUT2D eigenvalue weighted by Crippen LogP contribution is -2.34. The van der Waals surface area contributed by atoms with Gasteiger partial charge in [-0.15, -0.1) is 11.3 Å². The summed E-state index contributed by atoms with van der Waals surface area (Å²) in [5.74, 6) is -0.412. The van der Waals surface area contributed by atoms with Gasteiger partial charge in [0, 0.05) is 12.6 Å². The van der Waals surface area contributed by atoms with Crippen molar-refractivity contribution in [2.75, 3.05) is 11.9 Å². The van der Waals surface area contributed by atoms with Crippen molar-refractivity contribution < 1.29 is 9.59 Å². The van der Waals surface area contributed by atoms with Crippen molar-refractivity contribution in [2.24, 2.45) is 0 Å². The molecule has 10 heteroatoms. The fourth-order valence-electron chi connectivity index (χ4n) is 3.22. The van der Waals surface area contributed by atoms with Crippen molar-refractivity contribution in [3.05, 3.63) is 89.2 Å². The summed E-state index contributed by atoms with van der Waals surface area (Å²) < 4.78 is 0.895. The van der Waals surface area contributed by atoms with Gasteiger partial charge in [-0.2, -0.15) is 0 Å². The van der Waals surface area contributed by atoms with Crippen molar-refractivity contribution in [2.45, 2.75) is 0 Å². The Morgan fingerprint density at radius 1 is 1.13 bits per heavy atom. The number of thiophene rings is 1. The molecular weight excluding hydrogens is 461 g/mol. The molecule has 0 radical (unpaired) electrons. The zero-order chi connectivity index (χ0) is 22.3. The smallest absolute Gasteiger partial charge is 0.309 e. The molecule has 4 aromatic rings. The molecule has 0 fully saturated rings. The van der Waals surface area contributed by atoms with Crippen LogP contribution in [0, 0.1) is 0 Å².